The molecule has 138 valence electrons. The number of hydrogen-bond donors (Lipinski definition) is 1. The highest BCUT2D eigenvalue weighted by molar-refractivity contribution is 6.28. The molecule has 0 amide bonds. The minimum Gasteiger partial charge on any atom is -0.466 e. The topological polar surface area (TPSA) is 90.1 Å². The molecule has 3 aliphatic carbocycles. The lowest BCUT2D eigenvalue weighted by Gasteiger charge is -2.47. The number of fused-ring (bicyclic) bond motifs is 3. The van der Waals surface area contributed by atoms with Crippen LogP contribution in [0.2, 0.25) is 5.28 Å². The fraction of sp³-hybridized carbons (Fsp3) is 0.556. The smallest absolute Gasteiger partial charge is 0.311 e. The number of halogens is 1. The largest absolute Gasteiger partial charge is 0.466 e. The van der Waals surface area contributed by atoms with Gasteiger partial charge in [-0.1, -0.05) is 0 Å². The zero-order valence-electron chi connectivity index (χ0n) is 14.5. The molecular formula is C18H21ClN4O3. The lowest BCUT2D eigenvalue weighted by molar-refractivity contribution is -0.154. The molecule has 3 saturated carbocycles. The Hall–Kier alpha value is -2.15. The van der Waals surface area contributed by atoms with Gasteiger partial charge in [-0.05, 0) is 68.2 Å². The predicted octanol–water partition coefficient (Wildman–Crippen LogP) is 3.56. The summed E-state index contributed by atoms with van der Waals surface area (Å²) in [6.07, 6.45) is 5.89. The average molecular weight is 377 g/mol. The highest BCUT2D eigenvalue weighted by Crippen LogP contribution is 2.46. The van der Waals surface area contributed by atoms with Crippen molar-refractivity contribution in [2.24, 2.45) is 17.8 Å². The first kappa shape index (κ1) is 17.3. The van der Waals surface area contributed by atoms with Crippen LogP contribution in [0, 0.1) is 17.8 Å². The van der Waals surface area contributed by atoms with Crippen molar-refractivity contribution >= 4 is 23.5 Å². The van der Waals surface area contributed by atoms with Crippen LogP contribution >= 0.6 is 11.6 Å². The number of esters is 1. The molecule has 0 radical (unpaired) electrons. The predicted molar refractivity (Wildman–Crippen MR) is 95.5 cm³/mol. The number of aromatic nitrogens is 3. The number of carbonyl (C=O) groups is 1. The summed E-state index contributed by atoms with van der Waals surface area (Å²) >= 11 is 6.08. The maximum atomic E-state index is 12.6. The zero-order chi connectivity index (χ0) is 18.1. The standard InChI is InChI=1S/C18H21ClN4O3/c1-2-25-16(24)13-10-5-7-11(8-6-10)14(13)20-18-22-15(21-17(19)23-18)12-4-3-9-26-12/h3-4,9-11,13-14H,2,5-8H2,1H3,(H,20,21,22,23)/t10?,11?,13-,14-/m0/s1. The molecule has 8 heteroatoms. The number of carbonyl (C=O) groups excluding carboxylic acids is 1. The molecule has 0 unspecified atom stereocenters. The number of ether oxygens (including phenoxy) is 1. The van der Waals surface area contributed by atoms with Crippen LogP contribution in [0.15, 0.2) is 22.8 Å². The molecule has 7 nitrogen and oxygen atoms in total. The molecule has 2 bridgehead atoms. The van der Waals surface area contributed by atoms with Crippen molar-refractivity contribution in [2.45, 2.75) is 38.6 Å². The summed E-state index contributed by atoms with van der Waals surface area (Å²) in [5.74, 6) is 1.69. The Bertz CT molecular complexity index is 775. The highest BCUT2D eigenvalue weighted by atomic mass is 35.5. The quantitative estimate of drug-likeness (QED) is 0.797. The van der Waals surface area contributed by atoms with Crippen LogP contribution in [-0.2, 0) is 9.53 Å². The molecule has 2 aromatic rings. The van der Waals surface area contributed by atoms with E-state index in [-0.39, 0.29) is 23.2 Å². The summed E-state index contributed by atoms with van der Waals surface area (Å²) in [6, 6.07) is 3.47. The molecule has 3 aliphatic rings. The molecule has 0 saturated heterocycles. The number of furan rings is 1. The van der Waals surface area contributed by atoms with Crippen molar-refractivity contribution < 1.29 is 13.9 Å². The van der Waals surface area contributed by atoms with Crippen LogP contribution in [0.5, 0.6) is 0 Å². The van der Waals surface area contributed by atoms with Crippen molar-refractivity contribution in [3.8, 4) is 11.6 Å². The number of rotatable bonds is 5. The molecule has 5 rings (SSSR count). The van der Waals surface area contributed by atoms with E-state index in [1.54, 1.807) is 18.4 Å². The highest BCUT2D eigenvalue weighted by Gasteiger charge is 2.48. The Kier molecular flexibility index (Phi) is 4.80. The molecular weight excluding hydrogens is 356 g/mol. The summed E-state index contributed by atoms with van der Waals surface area (Å²) in [5, 5.41) is 3.44. The van der Waals surface area contributed by atoms with Crippen molar-refractivity contribution in [1.82, 2.24) is 15.0 Å². The van der Waals surface area contributed by atoms with Crippen LogP contribution in [0.25, 0.3) is 11.6 Å². The Morgan fingerprint density at radius 2 is 2.04 bits per heavy atom. The van der Waals surface area contributed by atoms with Crippen molar-refractivity contribution in [1.29, 1.82) is 0 Å². The van der Waals surface area contributed by atoms with Gasteiger partial charge in [0.2, 0.25) is 17.1 Å². The molecule has 3 fully saturated rings. The molecule has 26 heavy (non-hydrogen) atoms. The third-order valence-corrected chi connectivity index (χ3v) is 5.59. The zero-order valence-corrected chi connectivity index (χ0v) is 15.3. The molecule has 1 N–H and O–H groups in total. The van der Waals surface area contributed by atoms with Crippen molar-refractivity contribution in [2.75, 3.05) is 11.9 Å². The third kappa shape index (κ3) is 3.28. The lowest BCUT2D eigenvalue weighted by Crippen LogP contribution is -2.52. The fourth-order valence-corrected chi connectivity index (χ4v) is 4.47. The normalized spacial score (nSPS) is 27.3. The van der Waals surface area contributed by atoms with Gasteiger partial charge in [-0.25, -0.2) is 0 Å². The molecule has 2 atom stereocenters. The van der Waals surface area contributed by atoms with Crippen LogP contribution in [0.1, 0.15) is 32.6 Å². The summed E-state index contributed by atoms with van der Waals surface area (Å²) < 4.78 is 10.7. The molecule has 2 heterocycles. The minimum absolute atomic E-state index is 0.0514. The van der Waals surface area contributed by atoms with Gasteiger partial charge in [-0.15, -0.1) is 0 Å². The van der Waals surface area contributed by atoms with Gasteiger partial charge in [0.25, 0.3) is 0 Å². The summed E-state index contributed by atoms with van der Waals surface area (Å²) in [6.45, 7) is 2.22. The minimum atomic E-state index is -0.176. The van der Waals surface area contributed by atoms with Gasteiger partial charge in [-0.3, -0.25) is 4.79 Å². The van der Waals surface area contributed by atoms with Gasteiger partial charge >= 0.3 is 5.97 Å². The number of nitrogens with one attached hydrogen (secondary N) is 1. The molecule has 2 aromatic heterocycles. The molecule has 0 spiro atoms. The van der Waals surface area contributed by atoms with Gasteiger partial charge in [0.05, 0.1) is 18.8 Å². The van der Waals surface area contributed by atoms with Crippen molar-refractivity contribution in [3.05, 3.63) is 23.7 Å². The average Bonchev–Trinajstić information content (AvgIpc) is 3.17. The Morgan fingerprint density at radius 3 is 2.73 bits per heavy atom. The van der Waals surface area contributed by atoms with E-state index in [1.807, 2.05) is 6.92 Å². The molecule has 0 aromatic carbocycles. The summed E-state index contributed by atoms with van der Waals surface area (Å²) in [4.78, 5) is 25.3. The first-order valence-corrected chi connectivity index (χ1v) is 9.42. The summed E-state index contributed by atoms with van der Waals surface area (Å²) in [5.41, 5.74) is 0. The van der Waals surface area contributed by atoms with Crippen LogP contribution in [0.3, 0.4) is 0 Å². The van der Waals surface area contributed by atoms with E-state index in [1.165, 1.54) is 0 Å². The maximum Gasteiger partial charge on any atom is 0.311 e. The van der Waals surface area contributed by atoms with E-state index in [0.717, 1.165) is 25.7 Å². The van der Waals surface area contributed by atoms with E-state index in [4.69, 9.17) is 20.8 Å². The van der Waals surface area contributed by atoms with Crippen LogP contribution in [-0.4, -0.2) is 33.6 Å². The van der Waals surface area contributed by atoms with E-state index in [9.17, 15) is 4.79 Å². The maximum absolute atomic E-state index is 12.6. The van der Waals surface area contributed by atoms with Gasteiger partial charge in [0.1, 0.15) is 0 Å². The van der Waals surface area contributed by atoms with E-state index in [2.05, 4.69) is 20.3 Å². The lowest BCUT2D eigenvalue weighted by atomic mass is 9.61. The third-order valence-electron chi connectivity index (χ3n) is 5.42. The first-order valence-electron chi connectivity index (χ1n) is 9.04. The van der Waals surface area contributed by atoms with Crippen LogP contribution in [0.4, 0.5) is 5.95 Å². The number of hydrogen-bond acceptors (Lipinski definition) is 7. The second kappa shape index (κ2) is 7.23. The second-order valence-corrected chi connectivity index (χ2v) is 7.19. The summed E-state index contributed by atoms with van der Waals surface area (Å²) in [7, 11) is 0. The Labute approximate surface area is 156 Å². The van der Waals surface area contributed by atoms with E-state index >= 15 is 0 Å². The van der Waals surface area contributed by atoms with Crippen molar-refractivity contribution in [3.63, 3.8) is 0 Å². The SMILES string of the molecule is CCOC(=O)[C@H]1C2CCC(CC2)[C@@H]1Nc1nc(Cl)nc(-c2ccco2)n1. The van der Waals surface area contributed by atoms with Gasteiger partial charge in [-0.2, -0.15) is 15.0 Å². The first-order chi connectivity index (χ1) is 12.7. The Morgan fingerprint density at radius 1 is 1.27 bits per heavy atom. The van der Waals surface area contributed by atoms with Crippen LogP contribution < -0.4 is 5.32 Å². The van der Waals surface area contributed by atoms with E-state index < -0.39 is 0 Å². The molecule has 0 aliphatic heterocycles. The second-order valence-electron chi connectivity index (χ2n) is 6.85. The van der Waals surface area contributed by atoms with Gasteiger partial charge in [0.15, 0.2) is 5.76 Å². The number of anilines is 1. The Balaban J connectivity index is 1.61. The number of nitrogens with zero attached hydrogens (tertiary/aromatic N) is 3. The fourth-order valence-electron chi connectivity index (χ4n) is 4.31. The van der Waals surface area contributed by atoms with Gasteiger partial charge < -0.3 is 14.5 Å². The monoisotopic (exact) mass is 376 g/mol. The van der Waals surface area contributed by atoms with E-state index in [0.29, 0.717) is 36.0 Å². The van der Waals surface area contributed by atoms with Gasteiger partial charge in [0, 0.05) is 6.04 Å².